The van der Waals surface area contributed by atoms with Crippen molar-refractivity contribution in [2.24, 2.45) is 11.8 Å². The zero-order chi connectivity index (χ0) is 11.3. The molecule has 2 rings (SSSR count). The molecular weight excluding hydrogens is 186 g/mol. The highest BCUT2D eigenvalue weighted by Gasteiger charge is 2.49. The van der Waals surface area contributed by atoms with Crippen LogP contribution in [0.4, 0.5) is 0 Å². The highest BCUT2D eigenvalue weighted by Crippen LogP contribution is 2.50. The molecule has 1 saturated heterocycles. The SMILES string of the molecule is CON1C(C)(C)CC(C2CC2)CC1(C)C. The van der Waals surface area contributed by atoms with E-state index in [1.54, 1.807) is 7.11 Å². The van der Waals surface area contributed by atoms with E-state index in [1.807, 2.05) is 0 Å². The molecule has 1 saturated carbocycles. The third-order valence-corrected chi connectivity index (χ3v) is 4.09. The van der Waals surface area contributed by atoms with E-state index >= 15 is 0 Å². The third kappa shape index (κ3) is 2.07. The van der Waals surface area contributed by atoms with Crippen molar-refractivity contribution in [1.29, 1.82) is 0 Å². The minimum absolute atomic E-state index is 0.184. The molecule has 1 aliphatic heterocycles. The summed E-state index contributed by atoms with van der Waals surface area (Å²) in [5.74, 6) is 1.93. The standard InChI is InChI=1S/C13H25NO/c1-12(2)8-11(10-6-7-10)9-13(3,4)14(12)15-5/h10-11H,6-9H2,1-5H3. The van der Waals surface area contributed by atoms with Gasteiger partial charge in [0.2, 0.25) is 0 Å². The molecular formula is C13H25NO. The lowest BCUT2D eigenvalue weighted by Gasteiger charge is -2.53. The second-order valence-electron chi connectivity index (χ2n) is 6.61. The average molecular weight is 211 g/mol. The van der Waals surface area contributed by atoms with E-state index in [0.29, 0.717) is 0 Å². The van der Waals surface area contributed by atoms with Crippen LogP contribution in [-0.2, 0) is 4.84 Å². The van der Waals surface area contributed by atoms with E-state index in [4.69, 9.17) is 4.84 Å². The smallest absolute Gasteiger partial charge is 0.0575 e. The van der Waals surface area contributed by atoms with Crippen molar-refractivity contribution in [2.45, 2.75) is 64.5 Å². The molecule has 2 heteroatoms. The molecule has 0 atom stereocenters. The first kappa shape index (κ1) is 11.4. The van der Waals surface area contributed by atoms with Crippen molar-refractivity contribution in [3.8, 4) is 0 Å². The first-order chi connectivity index (χ1) is 6.87. The fourth-order valence-corrected chi connectivity index (χ4v) is 3.74. The van der Waals surface area contributed by atoms with Crippen LogP contribution in [0.3, 0.4) is 0 Å². The van der Waals surface area contributed by atoms with E-state index in [1.165, 1.54) is 25.7 Å². The maximum absolute atomic E-state index is 5.60. The molecule has 0 spiro atoms. The van der Waals surface area contributed by atoms with Crippen LogP contribution in [0.1, 0.15) is 53.4 Å². The molecule has 0 N–H and O–H groups in total. The summed E-state index contributed by atoms with van der Waals surface area (Å²) in [7, 11) is 1.81. The van der Waals surface area contributed by atoms with Crippen molar-refractivity contribution in [2.75, 3.05) is 7.11 Å². The summed E-state index contributed by atoms with van der Waals surface area (Å²) < 4.78 is 0. The number of hydrogen-bond acceptors (Lipinski definition) is 2. The summed E-state index contributed by atoms with van der Waals surface area (Å²) in [5.41, 5.74) is 0.369. The molecule has 0 amide bonds. The zero-order valence-corrected chi connectivity index (χ0v) is 10.8. The molecule has 2 aliphatic rings. The normalized spacial score (nSPS) is 31.8. The highest BCUT2D eigenvalue weighted by molar-refractivity contribution is 5.00. The van der Waals surface area contributed by atoms with Crippen LogP contribution in [0, 0.1) is 11.8 Å². The molecule has 0 aromatic carbocycles. The van der Waals surface area contributed by atoms with E-state index in [0.717, 1.165) is 11.8 Å². The summed E-state index contributed by atoms with van der Waals surface area (Å²) in [4.78, 5) is 5.60. The van der Waals surface area contributed by atoms with Crippen LogP contribution >= 0.6 is 0 Å². The van der Waals surface area contributed by atoms with Crippen molar-refractivity contribution in [3.63, 3.8) is 0 Å². The fraction of sp³-hybridized carbons (Fsp3) is 1.00. The lowest BCUT2D eigenvalue weighted by Crippen LogP contribution is -2.60. The lowest BCUT2D eigenvalue weighted by atomic mass is 9.73. The molecule has 2 fully saturated rings. The second kappa shape index (κ2) is 3.46. The number of nitrogens with zero attached hydrogens (tertiary/aromatic N) is 1. The van der Waals surface area contributed by atoms with Gasteiger partial charge >= 0.3 is 0 Å². The van der Waals surface area contributed by atoms with Gasteiger partial charge in [0.1, 0.15) is 0 Å². The molecule has 15 heavy (non-hydrogen) atoms. The zero-order valence-electron chi connectivity index (χ0n) is 10.8. The topological polar surface area (TPSA) is 12.5 Å². The monoisotopic (exact) mass is 211 g/mol. The summed E-state index contributed by atoms with van der Waals surface area (Å²) in [6, 6.07) is 0. The summed E-state index contributed by atoms with van der Waals surface area (Å²) in [5, 5.41) is 2.21. The number of hydrogen-bond donors (Lipinski definition) is 0. The third-order valence-electron chi connectivity index (χ3n) is 4.09. The molecule has 0 radical (unpaired) electrons. The molecule has 2 nitrogen and oxygen atoms in total. The predicted octanol–water partition coefficient (Wildman–Crippen LogP) is 3.23. The maximum atomic E-state index is 5.60. The van der Waals surface area contributed by atoms with Gasteiger partial charge in [-0.2, -0.15) is 5.06 Å². The fourth-order valence-electron chi connectivity index (χ4n) is 3.74. The van der Waals surface area contributed by atoms with Crippen molar-refractivity contribution < 1.29 is 4.84 Å². The average Bonchev–Trinajstić information content (AvgIpc) is 2.81. The first-order valence-electron chi connectivity index (χ1n) is 6.21. The van der Waals surface area contributed by atoms with E-state index in [9.17, 15) is 0 Å². The summed E-state index contributed by atoms with van der Waals surface area (Å²) in [6.07, 6.45) is 5.50. The van der Waals surface area contributed by atoms with Gasteiger partial charge in [0.15, 0.2) is 0 Å². The minimum Gasteiger partial charge on any atom is -0.301 e. The Hall–Kier alpha value is -0.0800. The van der Waals surface area contributed by atoms with Gasteiger partial charge in [0.25, 0.3) is 0 Å². The number of hydroxylamine groups is 2. The quantitative estimate of drug-likeness (QED) is 0.695. The number of piperidine rings is 1. The molecule has 88 valence electrons. The van der Waals surface area contributed by atoms with Gasteiger partial charge < -0.3 is 4.84 Å². The Labute approximate surface area is 93.9 Å². The van der Waals surface area contributed by atoms with Crippen LogP contribution in [-0.4, -0.2) is 23.3 Å². The van der Waals surface area contributed by atoms with Gasteiger partial charge in [0, 0.05) is 11.1 Å². The maximum Gasteiger partial charge on any atom is 0.0575 e. The molecule has 0 aromatic heterocycles. The predicted molar refractivity (Wildman–Crippen MR) is 62.5 cm³/mol. The summed E-state index contributed by atoms with van der Waals surface area (Å²) >= 11 is 0. The van der Waals surface area contributed by atoms with E-state index in [2.05, 4.69) is 32.8 Å². The Balaban J connectivity index is 2.16. The lowest BCUT2D eigenvalue weighted by molar-refractivity contribution is -0.272. The Bertz CT molecular complexity index is 225. The van der Waals surface area contributed by atoms with E-state index < -0.39 is 0 Å². The Morgan fingerprint density at radius 2 is 1.40 bits per heavy atom. The Kier molecular flexibility index (Phi) is 2.63. The van der Waals surface area contributed by atoms with Gasteiger partial charge in [-0.25, -0.2) is 0 Å². The van der Waals surface area contributed by atoms with Gasteiger partial charge in [0.05, 0.1) is 7.11 Å². The molecule has 0 aromatic rings. The Morgan fingerprint density at radius 3 is 1.73 bits per heavy atom. The molecule has 1 aliphatic carbocycles. The van der Waals surface area contributed by atoms with Crippen LogP contribution in [0.2, 0.25) is 0 Å². The van der Waals surface area contributed by atoms with Gasteiger partial charge in [-0.05, 0) is 65.2 Å². The van der Waals surface area contributed by atoms with Crippen molar-refractivity contribution in [3.05, 3.63) is 0 Å². The van der Waals surface area contributed by atoms with Gasteiger partial charge in [-0.3, -0.25) is 0 Å². The minimum atomic E-state index is 0.184. The van der Waals surface area contributed by atoms with Crippen LogP contribution < -0.4 is 0 Å². The van der Waals surface area contributed by atoms with Crippen molar-refractivity contribution in [1.82, 2.24) is 5.06 Å². The van der Waals surface area contributed by atoms with Gasteiger partial charge in [-0.1, -0.05) is 0 Å². The molecule has 0 bridgehead atoms. The molecule has 0 unspecified atom stereocenters. The van der Waals surface area contributed by atoms with Crippen LogP contribution in [0.25, 0.3) is 0 Å². The number of rotatable bonds is 2. The second-order valence-corrected chi connectivity index (χ2v) is 6.61. The van der Waals surface area contributed by atoms with Crippen LogP contribution in [0.5, 0.6) is 0 Å². The van der Waals surface area contributed by atoms with Crippen LogP contribution in [0.15, 0.2) is 0 Å². The largest absolute Gasteiger partial charge is 0.301 e. The van der Waals surface area contributed by atoms with Gasteiger partial charge in [-0.15, -0.1) is 0 Å². The summed E-state index contributed by atoms with van der Waals surface area (Å²) in [6.45, 7) is 9.25. The van der Waals surface area contributed by atoms with Crippen molar-refractivity contribution >= 4 is 0 Å². The molecule has 1 heterocycles. The van der Waals surface area contributed by atoms with E-state index in [-0.39, 0.29) is 11.1 Å². The first-order valence-corrected chi connectivity index (χ1v) is 6.21. The Morgan fingerprint density at radius 1 is 0.933 bits per heavy atom. The highest BCUT2D eigenvalue weighted by atomic mass is 16.7.